The molecule has 1 unspecified atom stereocenters. The number of carbonyl (C=O) groups is 1. The summed E-state index contributed by atoms with van der Waals surface area (Å²) in [5.74, 6) is -0.377. The Labute approximate surface area is 118 Å². The van der Waals surface area contributed by atoms with Crippen molar-refractivity contribution in [3.8, 4) is 0 Å². The molecular formula is C17H18N2O. The molecule has 0 bridgehead atoms. The van der Waals surface area contributed by atoms with Crippen LogP contribution in [0.5, 0.6) is 0 Å². The zero-order valence-electron chi connectivity index (χ0n) is 11.5. The lowest BCUT2D eigenvalue weighted by Gasteiger charge is -2.18. The number of primary amides is 1. The molecule has 0 heterocycles. The van der Waals surface area contributed by atoms with Crippen LogP contribution in [0.3, 0.4) is 0 Å². The van der Waals surface area contributed by atoms with Crippen LogP contribution in [0.2, 0.25) is 0 Å². The largest absolute Gasteiger partial charge is 0.378 e. The second kappa shape index (κ2) is 5.00. The Morgan fingerprint density at radius 3 is 2.80 bits per heavy atom. The summed E-state index contributed by atoms with van der Waals surface area (Å²) in [6.07, 6.45) is 2.18. The van der Waals surface area contributed by atoms with Crippen LogP contribution in [-0.2, 0) is 6.42 Å². The third kappa shape index (κ3) is 2.16. The summed E-state index contributed by atoms with van der Waals surface area (Å²) >= 11 is 0. The van der Waals surface area contributed by atoms with E-state index in [0.717, 1.165) is 24.1 Å². The first-order valence-corrected chi connectivity index (χ1v) is 6.90. The van der Waals surface area contributed by atoms with E-state index in [2.05, 4.69) is 29.6 Å². The van der Waals surface area contributed by atoms with Crippen molar-refractivity contribution in [2.24, 2.45) is 5.73 Å². The Balaban J connectivity index is 1.90. The van der Waals surface area contributed by atoms with Crippen molar-refractivity contribution in [3.63, 3.8) is 0 Å². The second-order valence-electron chi connectivity index (χ2n) is 5.28. The number of rotatable bonds is 3. The van der Waals surface area contributed by atoms with Gasteiger partial charge in [-0.15, -0.1) is 0 Å². The maximum absolute atomic E-state index is 11.4. The van der Waals surface area contributed by atoms with Gasteiger partial charge in [0.15, 0.2) is 0 Å². The van der Waals surface area contributed by atoms with E-state index in [0.29, 0.717) is 11.6 Å². The Kier molecular flexibility index (Phi) is 3.18. The Morgan fingerprint density at radius 2 is 2.00 bits per heavy atom. The topological polar surface area (TPSA) is 55.1 Å². The summed E-state index contributed by atoms with van der Waals surface area (Å²) < 4.78 is 0. The number of anilines is 1. The fourth-order valence-electron chi connectivity index (χ4n) is 2.95. The first-order valence-electron chi connectivity index (χ1n) is 6.90. The van der Waals surface area contributed by atoms with E-state index in [-0.39, 0.29) is 5.91 Å². The van der Waals surface area contributed by atoms with Crippen LogP contribution < -0.4 is 11.1 Å². The van der Waals surface area contributed by atoms with E-state index < -0.39 is 0 Å². The number of benzene rings is 2. The number of nitrogens with one attached hydrogen (secondary N) is 1. The van der Waals surface area contributed by atoms with Crippen molar-refractivity contribution in [2.45, 2.75) is 25.8 Å². The molecule has 3 heteroatoms. The molecule has 1 atom stereocenters. The minimum atomic E-state index is -0.377. The van der Waals surface area contributed by atoms with Gasteiger partial charge in [-0.1, -0.05) is 30.3 Å². The summed E-state index contributed by atoms with van der Waals surface area (Å²) in [5.41, 5.74) is 10.7. The Hall–Kier alpha value is -2.29. The van der Waals surface area contributed by atoms with Crippen LogP contribution in [0.25, 0.3) is 0 Å². The molecule has 1 aliphatic rings. The summed E-state index contributed by atoms with van der Waals surface area (Å²) in [4.78, 5) is 11.4. The Morgan fingerprint density at radius 1 is 1.20 bits per heavy atom. The molecule has 1 aliphatic carbocycles. The molecule has 2 aromatic carbocycles. The standard InChI is InChI=1S/C17H18N2O/c1-11-13(17(18)20)7-4-8-15(11)19-16-10-9-12-5-2-3-6-14(12)16/h2-8,16,19H,9-10H2,1H3,(H2,18,20). The van der Waals surface area contributed by atoms with Gasteiger partial charge in [-0.05, 0) is 48.6 Å². The van der Waals surface area contributed by atoms with Crippen LogP contribution >= 0.6 is 0 Å². The number of nitrogens with two attached hydrogens (primary N) is 1. The van der Waals surface area contributed by atoms with E-state index in [1.807, 2.05) is 19.1 Å². The van der Waals surface area contributed by atoms with E-state index >= 15 is 0 Å². The van der Waals surface area contributed by atoms with Crippen LogP contribution in [0.4, 0.5) is 5.69 Å². The maximum Gasteiger partial charge on any atom is 0.249 e. The zero-order chi connectivity index (χ0) is 14.1. The number of amides is 1. The van der Waals surface area contributed by atoms with Gasteiger partial charge in [0.05, 0.1) is 6.04 Å². The molecule has 0 aromatic heterocycles. The molecule has 0 saturated carbocycles. The van der Waals surface area contributed by atoms with Gasteiger partial charge in [0.2, 0.25) is 5.91 Å². The first kappa shape index (κ1) is 12.7. The molecule has 102 valence electrons. The van der Waals surface area contributed by atoms with Crippen molar-refractivity contribution in [3.05, 3.63) is 64.7 Å². The molecular weight excluding hydrogens is 248 g/mol. The van der Waals surface area contributed by atoms with Gasteiger partial charge in [0.25, 0.3) is 0 Å². The number of hydrogen-bond acceptors (Lipinski definition) is 2. The van der Waals surface area contributed by atoms with Crippen LogP contribution in [0, 0.1) is 6.92 Å². The summed E-state index contributed by atoms with van der Waals surface area (Å²) in [7, 11) is 0. The lowest BCUT2D eigenvalue weighted by Crippen LogP contribution is -2.15. The van der Waals surface area contributed by atoms with Gasteiger partial charge in [-0.25, -0.2) is 0 Å². The number of carbonyl (C=O) groups excluding carboxylic acids is 1. The molecule has 0 saturated heterocycles. The minimum absolute atomic E-state index is 0.313. The molecule has 3 nitrogen and oxygen atoms in total. The van der Waals surface area contributed by atoms with Gasteiger partial charge < -0.3 is 11.1 Å². The molecule has 3 N–H and O–H groups in total. The van der Waals surface area contributed by atoms with Gasteiger partial charge >= 0.3 is 0 Å². The molecule has 3 rings (SSSR count). The highest BCUT2D eigenvalue weighted by Gasteiger charge is 2.22. The van der Waals surface area contributed by atoms with Gasteiger partial charge in [-0.3, -0.25) is 4.79 Å². The van der Waals surface area contributed by atoms with Crippen molar-refractivity contribution in [2.75, 3.05) is 5.32 Å². The quantitative estimate of drug-likeness (QED) is 0.896. The van der Waals surface area contributed by atoms with Crippen molar-refractivity contribution < 1.29 is 4.79 Å². The fourth-order valence-corrected chi connectivity index (χ4v) is 2.95. The molecule has 0 radical (unpaired) electrons. The lowest BCUT2D eigenvalue weighted by molar-refractivity contribution is 0.1000. The minimum Gasteiger partial charge on any atom is -0.378 e. The highest BCUT2D eigenvalue weighted by atomic mass is 16.1. The molecule has 0 aliphatic heterocycles. The Bertz CT molecular complexity index is 664. The van der Waals surface area contributed by atoms with E-state index in [4.69, 9.17) is 5.73 Å². The van der Waals surface area contributed by atoms with E-state index in [9.17, 15) is 4.79 Å². The zero-order valence-corrected chi connectivity index (χ0v) is 11.5. The average molecular weight is 266 g/mol. The van der Waals surface area contributed by atoms with Crippen LogP contribution in [-0.4, -0.2) is 5.91 Å². The van der Waals surface area contributed by atoms with Crippen molar-refractivity contribution in [1.29, 1.82) is 0 Å². The molecule has 0 spiro atoms. The van der Waals surface area contributed by atoms with Gasteiger partial charge in [-0.2, -0.15) is 0 Å². The van der Waals surface area contributed by atoms with Crippen LogP contribution in [0.1, 0.15) is 39.5 Å². The highest BCUT2D eigenvalue weighted by Crippen LogP contribution is 2.34. The number of fused-ring (bicyclic) bond motifs is 1. The normalized spacial score (nSPS) is 16.8. The molecule has 0 fully saturated rings. The summed E-state index contributed by atoms with van der Waals surface area (Å²) in [6.45, 7) is 1.93. The van der Waals surface area contributed by atoms with Gasteiger partial charge in [0.1, 0.15) is 0 Å². The molecule has 1 amide bonds. The maximum atomic E-state index is 11.4. The number of aryl methyl sites for hydroxylation is 1. The third-order valence-corrected chi connectivity index (χ3v) is 4.06. The van der Waals surface area contributed by atoms with Crippen molar-refractivity contribution >= 4 is 11.6 Å². The molecule has 2 aromatic rings. The monoisotopic (exact) mass is 266 g/mol. The SMILES string of the molecule is Cc1c(NC2CCc3ccccc32)cccc1C(N)=O. The van der Waals surface area contributed by atoms with Crippen LogP contribution in [0.15, 0.2) is 42.5 Å². The lowest BCUT2D eigenvalue weighted by atomic mass is 10.0. The summed E-state index contributed by atoms with van der Waals surface area (Å²) in [6, 6.07) is 14.5. The van der Waals surface area contributed by atoms with Gasteiger partial charge in [0, 0.05) is 11.3 Å². The highest BCUT2D eigenvalue weighted by molar-refractivity contribution is 5.95. The molecule has 20 heavy (non-hydrogen) atoms. The summed E-state index contributed by atoms with van der Waals surface area (Å²) in [5, 5.41) is 3.55. The number of hydrogen-bond donors (Lipinski definition) is 2. The van der Waals surface area contributed by atoms with E-state index in [1.54, 1.807) is 6.07 Å². The predicted molar refractivity (Wildman–Crippen MR) is 80.8 cm³/mol. The first-order chi connectivity index (χ1) is 9.66. The third-order valence-electron chi connectivity index (χ3n) is 4.06. The smallest absolute Gasteiger partial charge is 0.249 e. The van der Waals surface area contributed by atoms with E-state index in [1.165, 1.54) is 11.1 Å². The second-order valence-corrected chi connectivity index (χ2v) is 5.28. The average Bonchev–Trinajstić information content (AvgIpc) is 2.84. The predicted octanol–water partition coefficient (Wildman–Crippen LogP) is 3.19. The van der Waals surface area contributed by atoms with Crippen molar-refractivity contribution in [1.82, 2.24) is 0 Å². The fraction of sp³-hybridized carbons (Fsp3) is 0.235.